The molecule has 0 aliphatic heterocycles. The molecule has 0 saturated carbocycles. The lowest BCUT2D eigenvalue weighted by Gasteiger charge is -2.16. The largest absolute Gasteiger partial charge is 0.480 e. The number of ether oxygens (including phenoxy) is 2. The normalized spacial score (nSPS) is 11.8. The first-order chi connectivity index (χ1) is 13.5. The van der Waals surface area contributed by atoms with Gasteiger partial charge in [0.05, 0.1) is 17.3 Å². The first kappa shape index (κ1) is 20.5. The number of hydrogen-bond donors (Lipinski definition) is 1. The number of rotatable bonds is 8. The van der Waals surface area contributed by atoms with Crippen molar-refractivity contribution in [2.45, 2.75) is 26.2 Å². The average molecular weight is 465 g/mol. The fourth-order valence-corrected chi connectivity index (χ4v) is 3.24. The van der Waals surface area contributed by atoms with Crippen LogP contribution in [0.2, 0.25) is 5.02 Å². The van der Waals surface area contributed by atoms with Gasteiger partial charge in [-0.25, -0.2) is 0 Å². The van der Waals surface area contributed by atoms with E-state index in [4.69, 9.17) is 25.5 Å². The van der Waals surface area contributed by atoms with Crippen LogP contribution in [0.5, 0.6) is 5.75 Å². The zero-order valence-corrected chi connectivity index (χ0v) is 17.5. The molecule has 0 aliphatic rings. The van der Waals surface area contributed by atoms with Gasteiger partial charge in [0.15, 0.2) is 6.10 Å². The fraction of sp³-hybridized carbons (Fsp3) is 0.190. The highest BCUT2D eigenvalue weighted by Crippen LogP contribution is 2.29. The van der Waals surface area contributed by atoms with Gasteiger partial charge in [-0.3, -0.25) is 4.79 Å². The van der Waals surface area contributed by atoms with Crippen LogP contribution in [0.1, 0.15) is 18.2 Å². The minimum atomic E-state index is -0.684. The average Bonchev–Trinajstić information content (AvgIpc) is 3.18. The molecule has 0 spiro atoms. The fourth-order valence-electron chi connectivity index (χ4n) is 2.46. The van der Waals surface area contributed by atoms with E-state index in [1.807, 2.05) is 36.4 Å². The van der Waals surface area contributed by atoms with E-state index < -0.39 is 6.10 Å². The van der Waals surface area contributed by atoms with Crippen molar-refractivity contribution >= 4 is 39.1 Å². The van der Waals surface area contributed by atoms with Gasteiger partial charge in [0.2, 0.25) is 0 Å². The van der Waals surface area contributed by atoms with Gasteiger partial charge in [-0.15, -0.1) is 0 Å². The van der Waals surface area contributed by atoms with Gasteiger partial charge in [-0.2, -0.15) is 0 Å². The van der Waals surface area contributed by atoms with E-state index in [9.17, 15) is 4.79 Å². The van der Waals surface area contributed by atoms with Crippen molar-refractivity contribution in [3.8, 4) is 5.75 Å². The van der Waals surface area contributed by atoms with E-state index in [0.717, 1.165) is 11.3 Å². The minimum Gasteiger partial charge on any atom is -0.480 e. The third kappa shape index (κ3) is 5.86. The van der Waals surface area contributed by atoms with E-state index in [2.05, 4.69) is 21.2 Å². The highest BCUT2D eigenvalue weighted by molar-refractivity contribution is 9.10. The first-order valence-corrected chi connectivity index (χ1v) is 9.80. The molecule has 0 saturated heterocycles. The monoisotopic (exact) mass is 463 g/mol. The van der Waals surface area contributed by atoms with Crippen molar-refractivity contribution in [3.63, 3.8) is 0 Å². The Morgan fingerprint density at radius 2 is 2.04 bits per heavy atom. The van der Waals surface area contributed by atoms with Gasteiger partial charge in [0, 0.05) is 10.7 Å². The summed E-state index contributed by atoms with van der Waals surface area (Å²) < 4.78 is 17.3. The second kappa shape index (κ2) is 9.78. The molecule has 0 fully saturated rings. The second-order valence-corrected chi connectivity index (χ2v) is 7.39. The van der Waals surface area contributed by atoms with E-state index in [0.29, 0.717) is 34.1 Å². The molecule has 0 bridgehead atoms. The predicted molar refractivity (Wildman–Crippen MR) is 112 cm³/mol. The Morgan fingerprint density at radius 3 is 2.79 bits per heavy atom. The Hall–Kier alpha value is -2.28. The Balaban J connectivity index is 1.54. The number of amides is 1. The molecule has 1 heterocycles. The van der Waals surface area contributed by atoms with Crippen LogP contribution in [0, 0.1) is 0 Å². The highest BCUT2D eigenvalue weighted by atomic mass is 79.9. The van der Waals surface area contributed by atoms with Crippen molar-refractivity contribution in [1.29, 1.82) is 0 Å². The zero-order valence-electron chi connectivity index (χ0n) is 15.2. The molecule has 7 heteroatoms. The van der Waals surface area contributed by atoms with Crippen LogP contribution < -0.4 is 10.1 Å². The van der Waals surface area contributed by atoms with Gasteiger partial charge >= 0.3 is 0 Å². The van der Waals surface area contributed by atoms with Crippen LogP contribution in [0.4, 0.5) is 5.69 Å². The Kier molecular flexibility index (Phi) is 7.14. The van der Waals surface area contributed by atoms with E-state index >= 15 is 0 Å². The molecule has 1 unspecified atom stereocenters. The molecular weight excluding hydrogens is 446 g/mol. The Morgan fingerprint density at radius 1 is 1.18 bits per heavy atom. The molecular formula is C21H19BrClNO4. The molecule has 3 aromatic rings. The van der Waals surface area contributed by atoms with Crippen molar-refractivity contribution < 1.29 is 18.7 Å². The molecule has 2 aromatic carbocycles. The second-order valence-electron chi connectivity index (χ2n) is 6.10. The molecule has 3 rings (SSSR count). The quantitative estimate of drug-likeness (QED) is 0.456. The Labute approximate surface area is 176 Å². The van der Waals surface area contributed by atoms with Crippen LogP contribution >= 0.6 is 27.5 Å². The minimum absolute atomic E-state index is 0.254. The third-order valence-corrected chi connectivity index (χ3v) is 4.71. The summed E-state index contributed by atoms with van der Waals surface area (Å²) in [6.07, 6.45) is 0.928. The molecule has 1 N–H and O–H groups in total. The van der Waals surface area contributed by atoms with Crippen molar-refractivity contribution in [3.05, 3.63) is 81.7 Å². The molecule has 1 aromatic heterocycles. The summed E-state index contributed by atoms with van der Waals surface area (Å²) in [4.78, 5) is 12.5. The topological polar surface area (TPSA) is 60.7 Å². The van der Waals surface area contributed by atoms with Gasteiger partial charge in [0.1, 0.15) is 18.1 Å². The number of benzene rings is 2. The maximum absolute atomic E-state index is 12.5. The summed E-state index contributed by atoms with van der Waals surface area (Å²) >= 11 is 9.30. The summed E-state index contributed by atoms with van der Waals surface area (Å²) in [5, 5.41) is 3.44. The lowest BCUT2D eigenvalue weighted by atomic mass is 10.2. The highest BCUT2D eigenvalue weighted by Gasteiger charge is 2.16. The number of furan rings is 1. The number of nitrogens with one attached hydrogen (secondary N) is 1. The number of hydrogen-bond acceptors (Lipinski definition) is 4. The number of carbonyl (C=O) groups excluding carboxylic acids is 1. The van der Waals surface area contributed by atoms with Crippen molar-refractivity contribution in [2.75, 3.05) is 5.32 Å². The molecule has 0 radical (unpaired) electrons. The maximum Gasteiger partial charge on any atom is 0.265 e. The van der Waals surface area contributed by atoms with Crippen molar-refractivity contribution in [2.24, 2.45) is 0 Å². The van der Waals surface area contributed by atoms with Crippen LogP contribution in [0.25, 0.3) is 0 Å². The number of halogens is 2. The molecule has 146 valence electrons. The summed E-state index contributed by atoms with van der Waals surface area (Å²) in [7, 11) is 0. The van der Waals surface area contributed by atoms with Gasteiger partial charge in [0.25, 0.3) is 5.91 Å². The van der Waals surface area contributed by atoms with Crippen LogP contribution in [0.15, 0.2) is 69.8 Å². The number of anilines is 1. The first-order valence-electron chi connectivity index (χ1n) is 8.63. The lowest BCUT2D eigenvalue weighted by molar-refractivity contribution is -0.122. The Bertz CT molecular complexity index is 930. The standard InChI is InChI=1S/C21H19BrClNO4/c1-14(28-20-8-7-16(23)11-19(20)22)21(25)24-17-5-2-4-15(10-17)12-26-13-18-6-3-9-27-18/h2-11,14H,12-13H2,1H3,(H,24,25). The summed E-state index contributed by atoms with van der Waals surface area (Å²) in [6, 6.07) is 16.3. The van der Waals surface area contributed by atoms with Crippen LogP contribution in [-0.4, -0.2) is 12.0 Å². The molecule has 5 nitrogen and oxygen atoms in total. The SMILES string of the molecule is CC(Oc1ccc(Cl)cc1Br)C(=O)Nc1cccc(COCc2ccco2)c1. The van der Waals surface area contributed by atoms with E-state index in [-0.39, 0.29) is 5.91 Å². The van der Waals surface area contributed by atoms with Crippen LogP contribution in [0.3, 0.4) is 0 Å². The summed E-state index contributed by atoms with van der Waals surface area (Å²) in [5.41, 5.74) is 1.62. The van der Waals surface area contributed by atoms with Crippen LogP contribution in [-0.2, 0) is 22.7 Å². The smallest absolute Gasteiger partial charge is 0.265 e. The van der Waals surface area contributed by atoms with Gasteiger partial charge < -0.3 is 19.2 Å². The van der Waals surface area contributed by atoms with Gasteiger partial charge in [-0.1, -0.05) is 23.7 Å². The molecule has 0 aliphatic carbocycles. The van der Waals surface area contributed by atoms with Crippen molar-refractivity contribution in [1.82, 2.24) is 0 Å². The maximum atomic E-state index is 12.5. The van der Waals surface area contributed by atoms with E-state index in [1.165, 1.54) is 0 Å². The zero-order chi connectivity index (χ0) is 19.9. The summed E-state index contributed by atoms with van der Waals surface area (Å²) in [5.74, 6) is 1.06. The molecule has 1 atom stereocenters. The summed E-state index contributed by atoms with van der Waals surface area (Å²) in [6.45, 7) is 2.49. The lowest BCUT2D eigenvalue weighted by Crippen LogP contribution is -2.30. The third-order valence-electron chi connectivity index (χ3n) is 3.85. The number of carbonyl (C=O) groups is 1. The predicted octanol–water partition coefficient (Wildman–Crippen LogP) is 5.82. The van der Waals surface area contributed by atoms with Gasteiger partial charge in [-0.05, 0) is 70.9 Å². The van der Waals surface area contributed by atoms with E-state index in [1.54, 1.807) is 31.4 Å². The molecule has 1 amide bonds. The molecule has 28 heavy (non-hydrogen) atoms.